The van der Waals surface area contributed by atoms with E-state index in [1.54, 1.807) is 16.7 Å². The highest BCUT2D eigenvalue weighted by Gasteiger charge is 2.34. The van der Waals surface area contributed by atoms with Crippen LogP contribution in [0.2, 0.25) is 0 Å². The minimum absolute atomic E-state index is 0.00983. The molecular formula is C14H17BrN2O3. The van der Waals surface area contributed by atoms with E-state index in [1.165, 1.54) is 7.11 Å². The highest BCUT2D eigenvalue weighted by Crippen LogP contribution is 2.22. The van der Waals surface area contributed by atoms with Gasteiger partial charge in [-0.2, -0.15) is 0 Å². The van der Waals surface area contributed by atoms with Crippen LogP contribution in [0.3, 0.4) is 0 Å². The van der Waals surface area contributed by atoms with Crippen LogP contribution in [0.4, 0.5) is 5.69 Å². The average molecular weight is 341 g/mol. The molecule has 6 heteroatoms. The summed E-state index contributed by atoms with van der Waals surface area (Å²) in [4.78, 5) is 27.6. The molecule has 1 aliphatic rings. The van der Waals surface area contributed by atoms with Gasteiger partial charge in [0.2, 0.25) is 11.8 Å². The van der Waals surface area contributed by atoms with Crippen molar-refractivity contribution in [1.82, 2.24) is 4.90 Å². The Hall–Kier alpha value is -1.40. The molecule has 1 aromatic rings. The van der Waals surface area contributed by atoms with Crippen molar-refractivity contribution in [2.45, 2.75) is 13.0 Å². The number of halogens is 1. The van der Waals surface area contributed by atoms with Crippen molar-refractivity contribution < 1.29 is 14.3 Å². The van der Waals surface area contributed by atoms with E-state index in [2.05, 4.69) is 15.9 Å². The summed E-state index contributed by atoms with van der Waals surface area (Å²) in [5.41, 5.74) is 0.851. The molecule has 5 nitrogen and oxygen atoms in total. The van der Waals surface area contributed by atoms with Gasteiger partial charge in [0.05, 0.1) is 0 Å². The Bertz CT molecular complexity index is 504. The molecule has 0 saturated carbocycles. The van der Waals surface area contributed by atoms with Gasteiger partial charge in [0.15, 0.2) is 0 Å². The summed E-state index contributed by atoms with van der Waals surface area (Å²) in [5, 5.41) is 0. The minimum atomic E-state index is -0.463. The second-order valence-corrected chi connectivity index (χ2v) is 5.58. The van der Waals surface area contributed by atoms with Crippen LogP contribution in [0, 0.1) is 0 Å². The van der Waals surface area contributed by atoms with Crippen molar-refractivity contribution in [1.29, 1.82) is 0 Å². The molecule has 2 rings (SSSR count). The van der Waals surface area contributed by atoms with Gasteiger partial charge < -0.3 is 14.5 Å². The first-order chi connectivity index (χ1) is 9.54. The largest absolute Gasteiger partial charge is 0.375 e. The molecule has 0 spiro atoms. The molecule has 0 aliphatic carbocycles. The predicted molar refractivity (Wildman–Crippen MR) is 79.5 cm³/mol. The van der Waals surface area contributed by atoms with Gasteiger partial charge in [0.1, 0.15) is 12.6 Å². The van der Waals surface area contributed by atoms with Crippen LogP contribution in [0.25, 0.3) is 0 Å². The van der Waals surface area contributed by atoms with Gasteiger partial charge in [-0.15, -0.1) is 0 Å². The monoisotopic (exact) mass is 340 g/mol. The minimum Gasteiger partial charge on any atom is -0.375 e. The molecule has 1 fully saturated rings. The molecule has 1 aliphatic heterocycles. The lowest BCUT2D eigenvalue weighted by molar-refractivity contribution is -0.143. The smallest absolute Gasteiger partial charge is 0.249 e. The number of carbonyl (C=O) groups excluding carboxylic acids is 2. The number of nitrogens with zero attached hydrogens (tertiary/aromatic N) is 2. The zero-order valence-corrected chi connectivity index (χ0v) is 13.1. The second-order valence-electron chi connectivity index (χ2n) is 4.66. The van der Waals surface area contributed by atoms with Gasteiger partial charge in [-0.25, -0.2) is 0 Å². The fraction of sp³-hybridized carbons (Fsp3) is 0.429. The SMILES string of the molecule is COCC(=O)N1CCN(c2ccc(Br)cc2)C(=O)C1C. The molecule has 1 atom stereocenters. The van der Waals surface area contributed by atoms with E-state index in [-0.39, 0.29) is 18.4 Å². The van der Waals surface area contributed by atoms with Crippen molar-refractivity contribution in [3.8, 4) is 0 Å². The lowest BCUT2D eigenvalue weighted by atomic mass is 10.1. The molecule has 0 N–H and O–H groups in total. The summed E-state index contributed by atoms with van der Waals surface area (Å²) in [7, 11) is 1.47. The van der Waals surface area contributed by atoms with Crippen molar-refractivity contribution in [3.63, 3.8) is 0 Å². The van der Waals surface area contributed by atoms with Crippen LogP contribution < -0.4 is 4.90 Å². The zero-order chi connectivity index (χ0) is 14.7. The van der Waals surface area contributed by atoms with Gasteiger partial charge in [-0.05, 0) is 31.2 Å². The van der Waals surface area contributed by atoms with E-state index in [0.717, 1.165) is 10.2 Å². The number of benzene rings is 1. The molecule has 1 heterocycles. The standard InChI is InChI=1S/C14H17BrN2O3/c1-10-14(19)17(12-5-3-11(15)4-6-12)8-7-16(10)13(18)9-20-2/h3-6,10H,7-9H2,1-2H3. The second kappa shape index (κ2) is 6.37. The number of amides is 2. The first-order valence-corrected chi connectivity index (χ1v) is 7.19. The third-order valence-electron chi connectivity index (χ3n) is 3.38. The summed E-state index contributed by atoms with van der Waals surface area (Å²) in [6.45, 7) is 2.78. The predicted octanol–water partition coefficient (Wildman–Crippen LogP) is 1.66. The Balaban J connectivity index is 2.12. The Morgan fingerprint density at radius 2 is 2.00 bits per heavy atom. The lowest BCUT2D eigenvalue weighted by Crippen LogP contribution is -2.58. The molecule has 2 amide bonds. The number of carbonyl (C=O) groups is 2. The van der Waals surface area contributed by atoms with Crippen molar-refractivity contribution in [2.75, 3.05) is 31.7 Å². The molecule has 1 aromatic carbocycles. The summed E-state index contributed by atoms with van der Waals surface area (Å²) in [6.07, 6.45) is 0. The van der Waals surface area contributed by atoms with E-state index in [4.69, 9.17) is 4.74 Å². The quantitative estimate of drug-likeness (QED) is 0.840. The van der Waals surface area contributed by atoms with Gasteiger partial charge in [0, 0.05) is 30.4 Å². The zero-order valence-electron chi connectivity index (χ0n) is 11.5. The number of piperazine rings is 1. The summed E-state index contributed by atoms with van der Waals surface area (Å²) in [6, 6.07) is 7.11. The van der Waals surface area contributed by atoms with Gasteiger partial charge in [-0.1, -0.05) is 15.9 Å². The molecule has 108 valence electrons. The van der Waals surface area contributed by atoms with Crippen LogP contribution in [0.15, 0.2) is 28.7 Å². The average Bonchev–Trinajstić information content (AvgIpc) is 2.43. The number of hydrogen-bond donors (Lipinski definition) is 0. The van der Waals surface area contributed by atoms with Crippen LogP contribution in [-0.2, 0) is 14.3 Å². The maximum absolute atomic E-state index is 12.4. The van der Waals surface area contributed by atoms with E-state index < -0.39 is 6.04 Å². The molecule has 0 bridgehead atoms. The highest BCUT2D eigenvalue weighted by atomic mass is 79.9. The van der Waals surface area contributed by atoms with Crippen molar-refractivity contribution in [2.24, 2.45) is 0 Å². The number of methoxy groups -OCH3 is 1. The van der Waals surface area contributed by atoms with Crippen molar-refractivity contribution >= 4 is 33.4 Å². The van der Waals surface area contributed by atoms with Gasteiger partial charge in [-0.3, -0.25) is 9.59 Å². The highest BCUT2D eigenvalue weighted by molar-refractivity contribution is 9.10. The third-order valence-corrected chi connectivity index (χ3v) is 3.91. The number of anilines is 1. The van der Waals surface area contributed by atoms with E-state index in [1.807, 2.05) is 24.3 Å². The number of rotatable bonds is 3. The lowest BCUT2D eigenvalue weighted by Gasteiger charge is -2.39. The van der Waals surface area contributed by atoms with E-state index in [9.17, 15) is 9.59 Å². The topological polar surface area (TPSA) is 49.9 Å². The Labute approximate surface area is 126 Å². The van der Waals surface area contributed by atoms with Crippen LogP contribution >= 0.6 is 15.9 Å². The Morgan fingerprint density at radius 3 is 2.60 bits per heavy atom. The van der Waals surface area contributed by atoms with Gasteiger partial charge >= 0.3 is 0 Å². The van der Waals surface area contributed by atoms with Crippen LogP contribution in [0.5, 0.6) is 0 Å². The fourth-order valence-corrected chi connectivity index (χ4v) is 2.56. The Kier molecular flexibility index (Phi) is 4.77. The molecule has 1 unspecified atom stereocenters. The van der Waals surface area contributed by atoms with E-state index in [0.29, 0.717) is 13.1 Å². The molecule has 0 radical (unpaired) electrons. The normalized spacial score (nSPS) is 19.4. The molecule has 1 saturated heterocycles. The maximum atomic E-state index is 12.4. The summed E-state index contributed by atoms with van der Waals surface area (Å²) in [5.74, 6) is -0.216. The first-order valence-electron chi connectivity index (χ1n) is 6.40. The molecule has 0 aromatic heterocycles. The molecular weight excluding hydrogens is 324 g/mol. The van der Waals surface area contributed by atoms with E-state index >= 15 is 0 Å². The van der Waals surface area contributed by atoms with Crippen LogP contribution in [0.1, 0.15) is 6.92 Å². The van der Waals surface area contributed by atoms with Crippen molar-refractivity contribution in [3.05, 3.63) is 28.7 Å². The molecule has 20 heavy (non-hydrogen) atoms. The first kappa shape index (κ1) is 15.0. The Morgan fingerprint density at radius 1 is 1.35 bits per heavy atom. The van der Waals surface area contributed by atoms with Gasteiger partial charge in [0.25, 0.3) is 0 Å². The number of hydrogen-bond acceptors (Lipinski definition) is 3. The summed E-state index contributed by atoms with van der Waals surface area (Å²) < 4.78 is 5.81. The summed E-state index contributed by atoms with van der Waals surface area (Å²) >= 11 is 3.37. The maximum Gasteiger partial charge on any atom is 0.249 e. The third kappa shape index (κ3) is 3.02. The fourth-order valence-electron chi connectivity index (χ4n) is 2.29. The van der Waals surface area contributed by atoms with Crippen LogP contribution in [-0.4, -0.2) is 49.6 Å². The number of ether oxygens (including phenoxy) is 1.